The molecular formula is C11H16BrNOS. The highest BCUT2D eigenvalue weighted by Crippen LogP contribution is 2.26. The fraction of sp³-hybridized carbons (Fsp3) is 0.636. The Morgan fingerprint density at radius 3 is 3.13 bits per heavy atom. The summed E-state index contributed by atoms with van der Waals surface area (Å²) in [5.74, 6) is 0.535. The molecule has 2 unspecified atom stereocenters. The van der Waals surface area contributed by atoms with Crippen LogP contribution in [0, 0.1) is 5.92 Å². The zero-order valence-corrected chi connectivity index (χ0v) is 11.0. The summed E-state index contributed by atoms with van der Waals surface area (Å²) in [5, 5.41) is 2.10. The third-order valence-electron chi connectivity index (χ3n) is 2.91. The van der Waals surface area contributed by atoms with E-state index in [1.54, 1.807) is 11.3 Å². The average Bonchev–Trinajstić information content (AvgIpc) is 2.66. The van der Waals surface area contributed by atoms with E-state index >= 15 is 0 Å². The first kappa shape index (κ1) is 11.6. The van der Waals surface area contributed by atoms with Crippen LogP contribution in [0.3, 0.4) is 0 Å². The highest BCUT2D eigenvalue weighted by molar-refractivity contribution is 9.10. The van der Waals surface area contributed by atoms with Crippen LogP contribution in [0.2, 0.25) is 0 Å². The third-order valence-corrected chi connectivity index (χ3v) is 4.86. The Hall–Kier alpha value is 0.1000. The number of hydrogen-bond donors (Lipinski definition) is 1. The zero-order chi connectivity index (χ0) is 10.7. The zero-order valence-electron chi connectivity index (χ0n) is 8.62. The lowest BCUT2D eigenvalue weighted by Gasteiger charge is -2.27. The average molecular weight is 290 g/mol. The van der Waals surface area contributed by atoms with Gasteiger partial charge >= 0.3 is 0 Å². The lowest BCUT2D eigenvalue weighted by molar-refractivity contribution is 0.0451. The van der Waals surface area contributed by atoms with Crippen LogP contribution in [0.15, 0.2) is 15.9 Å². The Morgan fingerprint density at radius 2 is 2.53 bits per heavy atom. The molecule has 0 spiro atoms. The van der Waals surface area contributed by atoms with E-state index in [0.717, 1.165) is 26.1 Å². The summed E-state index contributed by atoms with van der Waals surface area (Å²) in [6, 6.07) is 2.32. The molecule has 0 amide bonds. The van der Waals surface area contributed by atoms with E-state index in [0.29, 0.717) is 5.92 Å². The van der Waals surface area contributed by atoms with Crippen molar-refractivity contribution < 1.29 is 4.74 Å². The summed E-state index contributed by atoms with van der Waals surface area (Å²) < 4.78 is 6.66. The summed E-state index contributed by atoms with van der Waals surface area (Å²) in [5.41, 5.74) is 6.21. The van der Waals surface area contributed by atoms with E-state index < -0.39 is 0 Å². The largest absolute Gasteiger partial charge is 0.381 e. The Bertz CT molecular complexity index is 309. The summed E-state index contributed by atoms with van der Waals surface area (Å²) in [6.45, 7) is 1.75. The molecule has 2 rings (SSSR count). The highest BCUT2D eigenvalue weighted by atomic mass is 79.9. The molecule has 2 atom stereocenters. The molecule has 1 aromatic heterocycles. The first-order chi connectivity index (χ1) is 7.27. The van der Waals surface area contributed by atoms with Gasteiger partial charge < -0.3 is 10.5 Å². The van der Waals surface area contributed by atoms with E-state index in [4.69, 9.17) is 10.5 Å². The van der Waals surface area contributed by atoms with E-state index in [9.17, 15) is 0 Å². The van der Waals surface area contributed by atoms with Crippen LogP contribution < -0.4 is 5.73 Å². The van der Waals surface area contributed by atoms with Crippen molar-refractivity contribution >= 4 is 27.3 Å². The van der Waals surface area contributed by atoms with Gasteiger partial charge in [0, 0.05) is 22.0 Å². The van der Waals surface area contributed by atoms with E-state index in [1.165, 1.54) is 15.8 Å². The highest BCUT2D eigenvalue weighted by Gasteiger charge is 2.22. The van der Waals surface area contributed by atoms with E-state index in [2.05, 4.69) is 27.4 Å². The minimum Gasteiger partial charge on any atom is -0.381 e. The molecule has 0 bridgehead atoms. The second-order valence-corrected chi connectivity index (χ2v) is 5.89. The smallest absolute Gasteiger partial charge is 0.0509 e. The lowest BCUT2D eigenvalue weighted by Crippen LogP contribution is -2.37. The first-order valence-corrected chi connectivity index (χ1v) is 7.00. The maximum absolute atomic E-state index is 6.21. The second-order valence-electron chi connectivity index (χ2n) is 4.04. The third kappa shape index (κ3) is 3.03. The second kappa shape index (κ2) is 5.43. The van der Waals surface area contributed by atoms with Crippen LogP contribution in [-0.4, -0.2) is 19.3 Å². The Balaban J connectivity index is 1.91. The van der Waals surface area contributed by atoms with Gasteiger partial charge in [-0.1, -0.05) is 0 Å². The van der Waals surface area contributed by atoms with Crippen molar-refractivity contribution in [3.63, 3.8) is 0 Å². The van der Waals surface area contributed by atoms with Crippen molar-refractivity contribution in [3.8, 4) is 0 Å². The van der Waals surface area contributed by atoms with Gasteiger partial charge in [-0.2, -0.15) is 0 Å². The standard InChI is InChI=1S/C11H16BrNOS/c12-9-3-5-15-11(9)6-10(13)8-2-1-4-14-7-8/h3,5,8,10H,1-2,4,6-7,13H2. The maximum Gasteiger partial charge on any atom is 0.0509 e. The van der Waals surface area contributed by atoms with E-state index in [1.807, 2.05) is 0 Å². The lowest BCUT2D eigenvalue weighted by atomic mass is 9.92. The normalized spacial score (nSPS) is 24.0. The molecule has 0 aliphatic carbocycles. The van der Waals surface area contributed by atoms with Crippen molar-refractivity contribution in [2.75, 3.05) is 13.2 Å². The Morgan fingerprint density at radius 1 is 1.67 bits per heavy atom. The minimum atomic E-state index is 0.236. The van der Waals surface area contributed by atoms with Gasteiger partial charge in [0.1, 0.15) is 0 Å². The molecule has 2 heterocycles. The molecule has 0 radical (unpaired) electrons. The number of rotatable bonds is 3. The molecule has 1 fully saturated rings. The summed E-state index contributed by atoms with van der Waals surface area (Å²) >= 11 is 5.32. The van der Waals surface area contributed by atoms with Crippen molar-refractivity contribution in [2.24, 2.45) is 11.7 Å². The van der Waals surface area contributed by atoms with Gasteiger partial charge in [0.25, 0.3) is 0 Å². The molecule has 1 aliphatic heterocycles. The van der Waals surface area contributed by atoms with Gasteiger partial charge in [-0.25, -0.2) is 0 Å². The fourth-order valence-electron chi connectivity index (χ4n) is 1.95. The number of nitrogens with two attached hydrogens (primary N) is 1. The number of hydrogen-bond acceptors (Lipinski definition) is 3. The monoisotopic (exact) mass is 289 g/mol. The van der Waals surface area contributed by atoms with Crippen LogP contribution >= 0.6 is 27.3 Å². The molecule has 1 saturated heterocycles. The molecular weight excluding hydrogens is 274 g/mol. The van der Waals surface area contributed by atoms with Crippen molar-refractivity contribution in [1.82, 2.24) is 0 Å². The molecule has 0 saturated carbocycles. The predicted octanol–water partition coefficient (Wildman–Crippen LogP) is 2.81. The first-order valence-electron chi connectivity index (χ1n) is 5.32. The summed E-state index contributed by atoms with van der Waals surface area (Å²) in [4.78, 5) is 1.35. The quantitative estimate of drug-likeness (QED) is 0.929. The number of halogens is 1. The van der Waals surface area contributed by atoms with Gasteiger partial charge in [0.15, 0.2) is 0 Å². The molecule has 2 N–H and O–H groups in total. The van der Waals surface area contributed by atoms with Gasteiger partial charge in [-0.3, -0.25) is 0 Å². The van der Waals surface area contributed by atoms with Crippen molar-refractivity contribution in [2.45, 2.75) is 25.3 Å². The molecule has 2 nitrogen and oxygen atoms in total. The van der Waals surface area contributed by atoms with Crippen LogP contribution in [0.4, 0.5) is 0 Å². The predicted molar refractivity (Wildman–Crippen MR) is 67.2 cm³/mol. The fourth-order valence-corrected chi connectivity index (χ4v) is 3.54. The van der Waals surface area contributed by atoms with E-state index in [-0.39, 0.29) is 6.04 Å². The number of thiophene rings is 1. The molecule has 15 heavy (non-hydrogen) atoms. The Kier molecular flexibility index (Phi) is 4.20. The summed E-state index contributed by atoms with van der Waals surface area (Å²) in [6.07, 6.45) is 3.33. The van der Waals surface area contributed by atoms with Crippen molar-refractivity contribution in [1.29, 1.82) is 0 Å². The van der Waals surface area contributed by atoms with Gasteiger partial charge in [0.05, 0.1) is 6.61 Å². The Labute approximate surface area is 103 Å². The van der Waals surface area contributed by atoms with Crippen LogP contribution in [-0.2, 0) is 11.2 Å². The summed E-state index contributed by atoms with van der Waals surface area (Å²) in [7, 11) is 0. The van der Waals surface area contributed by atoms with Crippen LogP contribution in [0.5, 0.6) is 0 Å². The minimum absolute atomic E-state index is 0.236. The van der Waals surface area contributed by atoms with Gasteiger partial charge in [0.2, 0.25) is 0 Å². The van der Waals surface area contributed by atoms with Gasteiger partial charge in [-0.05, 0) is 52.6 Å². The molecule has 1 aliphatic rings. The SMILES string of the molecule is NC(Cc1sccc1Br)C1CCCOC1. The maximum atomic E-state index is 6.21. The van der Waals surface area contributed by atoms with Crippen molar-refractivity contribution in [3.05, 3.63) is 20.8 Å². The molecule has 84 valence electrons. The van der Waals surface area contributed by atoms with Crippen LogP contribution in [0.1, 0.15) is 17.7 Å². The van der Waals surface area contributed by atoms with Crippen LogP contribution in [0.25, 0.3) is 0 Å². The number of ether oxygens (including phenoxy) is 1. The molecule has 0 aromatic carbocycles. The molecule has 1 aromatic rings. The molecule has 4 heteroatoms. The van der Waals surface area contributed by atoms with Gasteiger partial charge in [-0.15, -0.1) is 11.3 Å². The topological polar surface area (TPSA) is 35.2 Å².